The highest BCUT2D eigenvalue weighted by Gasteiger charge is 2.20. The van der Waals surface area contributed by atoms with Crippen LogP contribution >= 0.6 is 11.6 Å². The Bertz CT molecular complexity index is 772. The predicted octanol–water partition coefficient (Wildman–Crippen LogP) is 4.90. The second-order valence-corrected chi connectivity index (χ2v) is 7.98. The maximum Gasteiger partial charge on any atom is 0.138 e. The largest absolute Gasteiger partial charge is 0.489 e. The number of nitrogens with zero attached hydrogens (tertiary/aromatic N) is 2. The van der Waals surface area contributed by atoms with Crippen LogP contribution in [0.15, 0.2) is 30.5 Å². The number of hydrogen-bond donors (Lipinski definition) is 1. The molecule has 0 radical (unpaired) electrons. The van der Waals surface area contributed by atoms with Crippen molar-refractivity contribution in [1.82, 2.24) is 10.3 Å². The molecule has 4 rings (SSSR count). The molecule has 5 heteroatoms. The fourth-order valence-corrected chi connectivity index (χ4v) is 4.52. The van der Waals surface area contributed by atoms with Crippen molar-refractivity contribution < 1.29 is 4.74 Å². The van der Waals surface area contributed by atoms with Crippen molar-refractivity contribution in [2.45, 2.75) is 51.0 Å². The van der Waals surface area contributed by atoms with Crippen LogP contribution in [0.3, 0.4) is 0 Å². The van der Waals surface area contributed by atoms with E-state index in [2.05, 4.69) is 21.3 Å². The van der Waals surface area contributed by atoms with Crippen LogP contribution in [-0.4, -0.2) is 31.2 Å². The Labute approximate surface area is 166 Å². The van der Waals surface area contributed by atoms with Gasteiger partial charge in [0.05, 0.1) is 23.0 Å². The average molecular weight is 386 g/mol. The lowest BCUT2D eigenvalue weighted by atomic mass is 9.98. The lowest BCUT2D eigenvalue weighted by molar-refractivity contribution is 0.154. The van der Waals surface area contributed by atoms with Gasteiger partial charge in [0, 0.05) is 7.05 Å². The average Bonchev–Trinajstić information content (AvgIpc) is 2.94. The maximum atomic E-state index is 6.60. The van der Waals surface area contributed by atoms with Gasteiger partial charge in [-0.3, -0.25) is 0 Å². The molecule has 2 heterocycles. The highest BCUT2D eigenvalue weighted by atomic mass is 35.5. The molecule has 1 aromatic carbocycles. The first-order valence-corrected chi connectivity index (χ1v) is 10.5. The van der Waals surface area contributed by atoms with Crippen molar-refractivity contribution in [2.75, 3.05) is 25.0 Å². The van der Waals surface area contributed by atoms with Gasteiger partial charge in [0.25, 0.3) is 0 Å². The van der Waals surface area contributed by atoms with Gasteiger partial charge < -0.3 is 15.0 Å². The number of rotatable bonds is 4. The number of hydrogen-bond acceptors (Lipinski definition) is 4. The van der Waals surface area contributed by atoms with Crippen LogP contribution in [-0.2, 0) is 12.8 Å². The van der Waals surface area contributed by atoms with Crippen LogP contribution in [0.1, 0.15) is 43.2 Å². The number of fused-ring (bicyclic) bond motifs is 1. The van der Waals surface area contributed by atoms with E-state index < -0.39 is 0 Å². The molecule has 1 saturated carbocycles. The SMILES string of the molecule is CN(c1ccc(OC2CCCCC2)cn1)c1c(Cl)ccc2c1CCNCC2. The van der Waals surface area contributed by atoms with Gasteiger partial charge in [-0.15, -0.1) is 0 Å². The van der Waals surface area contributed by atoms with E-state index in [1.165, 1.54) is 30.4 Å². The van der Waals surface area contributed by atoms with Gasteiger partial charge in [0.2, 0.25) is 0 Å². The summed E-state index contributed by atoms with van der Waals surface area (Å²) in [5, 5.41) is 4.25. The van der Waals surface area contributed by atoms with Gasteiger partial charge in [0.1, 0.15) is 11.6 Å². The summed E-state index contributed by atoms with van der Waals surface area (Å²) >= 11 is 6.60. The first-order valence-electron chi connectivity index (χ1n) is 10.1. The number of ether oxygens (including phenoxy) is 1. The molecule has 0 spiro atoms. The van der Waals surface area contributed by atoms with E-state index in [1.807, 2.05) is 31.4 Å². The van der Waals surface area contributed by atoms with Gasteiger partial charge >= 0.3 is 0 Å². The molecular formula is C22H28ClN3O. The van der Waals surface area contributed by atoms with Crippen LogP contribution in [0.4, 0.5) is 11.5 Å². The first kappa shape index (κ1) is 18.6. The Balaban J connectivity index is 1.55. The third-order valence-corrected chi connectivity index (χ3v) is 6.01. The summed E-state index contributed by atoms with van der Waals surface area (Å²) in [6.45, 7) is 2.00. The molecule has 2 aromatic rings. The molecule has 1 aliphatic heterocycles. The highest BCUT2D eigenvalue weighted by molar-refractivity contribution is 6.33. The lowest BCUT2D eigenvalue weighted by Crippen LogP contribution is -2.20. The quantitative estimate of drug-likeness (QED) is 0.811. The molecule has 0 saturated heterocycles. The summed E-state index contributed by atoms with van der Waals surface area (Å²) in [7, 11) is 2.05. The molecule has 27 heavy (non-hydrogen) atoms. The molecule has 1 aliphatic carbocycles. The van der Waals surface area contributed by atoms with E-state index in [1.54, 1.807) is 0 Å². The van der Waals surface area contributed by atoms with Crippen molar-refractivity contribution >= 4 is 23.1 Å². The molecule has 1 aromatic heterocycles. The monoisotopic (exact) mass is 385 g/mol. The normalized spacial score (nSPS) is 17.9. The zero-order chi connectivity index (χ0) is 18.6. The minimum atomic E-state index is 0.343. The summed E-state index contributed by atoms with van der Waals surface area (Å²) in [5.41, 5.74) is 3.79. The second kappa shape index (κ2) is 8.49. The topological polar surface area (TPSA) is 37.4 Å². The van der Waals surface area contributed by atoms with E-state index in [0.29, 0.717) is 6.10 Å². The Kier molecular flexibility index (Phi) is 5.84. The Hall–Kier alpha value is -1.78. The maximum absolute atomic E-state index is 6.60. The minimum absolute atomic E-state index is 0.343. The molecule has 144 valence electrons. The summed E-state index contributed by atoms with van der Waals surface area (Å²) in [4.78, 5) is 6.77. The number of halogens is 1. The summed E-state index contributed by atoms with van der Waals surface area (Å²) in [6, 6.07) is 8.24. The third kappa shape index (κ3) is 4.22. The fourth-order valence-electron chi connectivity index (χ4n) is 4.22. The second-order valence-electron chi connectivity index (χ2n) is 7.57. The summed E-state index contributed by atoms with van der Waals surface area (Å²) in [5.74, 6) is 1.75. The van der Waals surface area contributed by atoms with Crippen molar-refractivity contribution in [3.05, 3.63) is 46.6 Å². The van der Waals surface area contributed by atoms with Crippen LogP contribution < -0.4 is 15.0 Å². The van der Waals surface area contributed by atoms with Crippen molar-refractivity contribution in [1.29, 1.82) is 0 Å². The molecule has 0 amide bonds. The molecule has 1 fully saturated rings. The standard InChI is InChI=1S/C22H28ClN3O/c1-26(22-19-12-14-24-13-11-16(19)7-9-20(22)23)21-10-8-18(15-25-21)27-17-5-3-2-4-6-17/h7-10,15,17,24H,2-6,11-14H2,1H3. The molecule has 0 unspecified atom stereocenters. The predicted molar refractivity (Wildman–Crippen MR) is 112 cm³/mol. The van der Waals surface area contributed by atoms with Crippen LogP contribution in [0.25, 0.3) is 0 Å². The third-order valence-electron chi connectivity index (χ3n) is 5.71. The number of benzene rings is 1. The van der Waals surface area contributed by atoms with Gasteiger partial charge in [-0.05, 0) is 80.9 Å². The van der Waals surface area contributed by atoms with Gasteiger partial charge in [-0.2, -0.15) is 0 Å². The first-order chi connectivity index (χ1) is 13.2. The van der Waals surface area contributed by atoms with E-state index in [-0.39, 0.29) is 0 Å². The van der Waals surface area contributed by atoms with E-state index in [0.717, 1.165) is 61.1 Å². The number of aromatic nitrogens is 1. The number of nitrogens with one attached hydrogen (secondary N) is 1. The number of anilines is 2. The zero-order valence-electron chi connectivity index (χ0n) is 16.0. The van der Waals surface area contributed by atoms with Crippen LogP contribution in [0, 0.1) is 0 Å². The lowest BCUT2D eigenvalue weighted by Gasteiger charge is -2.25. The van der Waals surface area contributed by atoms with E-state index >= 15 is 0 Å². The van der Waals surface area contributed by atoms with Crippen molar-refractivity contribution in [3.63, 3.8) is 0 Å². The Morgan fingerprint density at radius 1 is 1.07 bits per heavy atom. The Morgan fingerprint density at radius 3 is 2.67 bits per heavy atom. The Morgan fingerprint density at radius 2 is 1.89 bits per heavy atom. The van der Waals surface area contributed by atoms with Gasteiger partial charge in [-0.1, -0.05) is 24.1 Å². The molecule has 1 N–H and O–H groups in total. The minimum Gasteiger partial charge on any atom is -0.489 e. The molecular weight excluding hydrogens is 358 g/mol. The van der Waals surface area contributed by atoms with Crippen molar-refractivity contribution in [2.24, 2.45) is 0 Å². The fraction of sp³-hybridized carbons (Fsp3) is 0.500. The van der Waals surface area contributed by atoms with Gasteiger partial charge in [0.15, 0.2) is 0 Å². The van der Waals surface area contributed by atoms with Crippen LogP contribution in [0.5, 0.6) is 5.75 Å². The van der Waals surface area contributed by atoms with E-state index in [9.17, 15) is 0 Å². The van der Waals surface area contributed by atoms with Crippen molar-refractivity contribution in [3.8, 4) is 5.75 Å². The highest BCUT2D eigenvalue weighted by Crippen LogP contribution is 2.36. The van der Waals surface area contributed by atoms with E-state index in [4.69, 9.17) is 16.3 Å². The zero-order valence-corrected chi connectivity index (χ0v) is 16.8. The van der Waals surface area contributed by atoms with Crippen LogP contribution in [0.2, 0.25) is 5.02 Å². The molecule has 0 bridgehead atoms. The molecule has 2 aliphatic rings. The summed E-state index contributed by atoms with van der Waals surface area (Å²) < 4.78 is 6.11. The molecule has 0 atom stereocenters. The molecule has 4 nitrogen and oxygen atoms in total. The smallest absolute Gasteiger partial charge is 0.138 e. The van der Waals surface area contributed by atoms with Gasteiger partial charge in [-0.25, -0.2) is 4.98 Å². The number of pyridine rings is 1. The summed E-state index contributed by atoms with van der Waals surface area (Å²) in [6.07, 6.45) is 10.4.